The summed E-state index contributed by atoms with van der Waals surface area (Å²) in [6.07, 6.45) is 2.31. The van der Waals surface area contributed by atoms with Gasteiger partial charge in [0.1, 0.15) is 23.0 Å². The fraction of sp³-hybridized carbons (Fsp3) is 0.345. The van der Waals surface area contributed by atoms with Crippen LogP contribution in [0.2, 0.25) is 0 Å². The van der Waals surface area contributed by atoms with Crippen molar-refractivity contribution < 1.29 is 18.7 Å². The van der Waals surface area contributed by atoms with Gasteiger partial charge >= 0.3 is 0 Å². The number of nitrogens with one attached hydrogen (secondary N) is 1. The molecule has 3 aliphatic heterocycles. The highest BCUT2D eigenvalue weighted by Crippen LogP contribution is 2.39. The molecular formula is C29H29FN6O3. The summed E-state index contributed by atoms with van der Waals surface area (Å²) in [4.78, 5) is 23.2. The van der Waals surface area contributed by atoms with Gasteiger partial charge in [-0.2, -0.15) is 5.10 Å². The molecule has 7 rings (SSSR count). The van der Waals surface area contributed by atoms with E-state index in [2.05, 4.69) is 37.1 Å². The van der Waals surface area contributed by atoms with Crippen LogP contribution >= 0.6 is 0 Å². The number of ether oxygens (including phenoxy) is 2. The van der Waals surface area contributed by atoms with Crippen molar-refractivity contribution in [2.45, 2.75) is 12.5 Å². The normalized spacial score (nSPS) is 19.7. The number of amides is 1. The molecular weight excluding hydrogens is 499 g/mol. The van der Waals surface area contributed by atoms with Gasteiger partial charge < -0.3 is 19.3 Å². The number of pyridine rings is 1. The van der Waals surface area contributed by atoms with Crippen LogP contribution in [0.15, 0.2) is 48.7 Å². The Labute approximate surface area is 225 Å². The quantitative estimate of drug-likeness (QED) is 0.404. The number of H-pyrrole nitrogens is 1. The molecule has 0 saturated carbocycles. The van der Waals surface area contributed by atoms with Crippen molar-refractivity contribution in [3.8, 4) is 34.0 Å². The van der Waals surface area contributed by atoms with Crippen LogP contribution in [0.25, 0.3) is 33.4 Å². The highest BCUT2D eigenvalue weighted by Gasteiger charge is 2.35. The molecule has 4 aromatic rings. The summed E-state index contributed by atoms with van der Waals surface area (Å²) >= 11 is 0. The summed E-state index contributed by atoms with van der Waals surface area (Å²) in [5.74, 6) is 1.04. The molecule has 2 aromatic heterocycles. The first kappa shape index (κ1) is 23.9. The molecule has 5 heterocycles. The van der Waals surface area contributed by atoms with Crippen LogP contribution in [0.4, 0.5) is 10.1 Å². The number of aromatic amines is 1. The van der Waals surface area contributed by atoms with E-state index in [-0.39, 0.29) is 17.8 Å². The van der Waals surface area contributed by atoms with Crippen molar-refractivity contribution in [1.29, 1.82) is 0 Å². The molecule has 10 heteroatoms. The Hall–Kier alpha value is -4.18. The smallest absolute Gasteiger partial charge is 0.236 e. The number of aromatic nitrogens is 3. The van der Waals surface area contributed by atoms with E-state index >= 15 is 0 Å². The van der Waals surface area contributed by atoms with Crippen molar-refractivity contribution in [2.75, 3.05) is 57.9 Å². The fourth-order valence-corrected chi connectivity index (χ4v) is 5.81. The average molecular weight is 529 g/mol. The van der Waals surface area contributed by atoms with E-state index in [4.69, 9.17) is 9.47 Å². The van der Waals surface area contributed by atoms with E-state index in [0.29, 0.717) is 43.2 Å². The molecule has 1 atom stereocenters. The van der Waals surface area contributed by atoms with E-state index in [1.54, 1.807) is 18.3 Å². The molecule has 3 aliphatic rings. The second-order valence-electron chi connectivity index (χ2n) is 10.4. The Kier molecular flexibility index (Phi) is 5.84. The van der Waals surface area contributed by atoms with Crippen molar-refractivity contribution in [2.24, 2.45) is 0 Å². The first-order valence-electron chi connectivity index (χ1n) is 13.3. The molecule has 200 valence electrons. The molecule has 2 aromatic carbocycles. The van der Waals surface area contributed by atoms with E-state index in [0.717, 1.165) is 59.8 Å². The van der Waals surface area contributed by atoms with Crippen molar-refractivity contribution >= 4 is 22.5 Å². The van der Waals surface area contributed by atoms with Gasteiger partial charge in [0.2, 0.25) is 5.91 Å². The highest BCUT2D eigenvalue weighted by molar-refractivity contribution is 5.95. The second-order valence-corrected chi connectivity index (χ2v) is 10.4. The maximum Gasteiger partial charge on any atom is 0.236 e. The van der Waals surface area contributed by atoms with Gasteiger partial charge in [0, 0.05) is 56.6 Å². The number of carbonyl (C=O) groups excluding carboxylic acids is 1. The Morgan fingerprint density at radius 1 is 1.05 bits per heavy atom. The Morgan fingerprint density at radius 2 is 1.92 bits per heavy atom. The van der Waals surface area contributed by atoms with Gasteiger partial charge in [-0.1, -0.05) is 12.1 Å². The summed E-state index contributed by atoms with van der Waals surface area (Å²) in [5.41, 5.74) is 4.28. The monoisotopic (exact) mass is 528 g/mol. The van der Waals surface area contributed by atoms with Gasteiger partial charge in [0.25, 0.3) is 0 Å². The summed E-state index contributed by atoms with van der Waals surface area (Å²) in [7, 11) is 1.88. The van der Waals surface area contributed by atoms with Crippen LogP contribution in [0.5, 0.6) is 11.5 Å². The molecule has 9 nitrogen and oxygen atoms in total. The summed E-state index contributed by atoms with van der Waals surface area (Å²) in [5, 5.41) is 8.49. The lowest BCUT2D eigenvalue weighted by molar-refractivity contribution is -0.137. The Morgan fingerprint density at radius 3 is 2.82 bits per heavy atom. The molecule has 0 aliphatic carbocycles. The molecule has 0 spiro atoms. The average Bonchev–Trinajstić information content (AvgIpc) is 3.36. The summed E-state index contributed by atoms with van der Waals surface area (Å²) in [6.45, 7) is 4.49. The third kappa shape index (κ3) is 4.24. The van der Waals surface area contributed by atoms with Gasteiger partial charge in [-0.05, 0) is 30.3 Å². The van der Waals surface area contributed by atoms with Crippen LogP contribution in [-0.4, -0.2) is 89.9 Å². The predicted molar refractivity (Wildman–Crippen MR) is 146 cm³/mol. The van der Waals surface area contributed by atoms with Gasteiger partial charge in [-0.15, -0.1) is 0 Å². The molecule has 4 bridgehead atoms. The summed E-state index contributed by atoms with van der Waals surface area (Å²) < 4.78 is 27.3. The van der Waals surface area contributed by atoms with E-state index in [9.17, 15) is 9.18 Å². The third-order valence-corrected chi connectivity index (χ3v) is 7.91. The van der Waals surface area contributed by atoms with E-state index < -0.39 is 0 Å². The zero-order chi connectivity index (χ0) is 26.5. The molecule has 1 N–H and O–H groups in total. The lowest BCUT2D eigenvalue weighted by Crippen LogP contribution is -2.63. The number of carbonyl (C=O) groups is 1. The van der Waals surface area contributed by atoms with Crippen LogP contribution in [-0.2, 0) is 4.79 Å². The minimum absolute atomic E-state index is 0.179. The van der Waals surface area contributed by atoms with Gasteiger partial charge in [-0.3, -0.25) is 19.8 Å². The molecule has 39 heavy (non-hydrogen) atoms. The van der Waals surface area contributed by atoms with Gasteiger partial charge in [-0.25, -0.2) is 4.39 Å². The van der Waals surface area contributed by atoms with Gasteiger partial charge in [0.15, 0.2) is 0 Å². The standard InChI is InChI=1S/C29H29FN6O3/c1-34-15-19-16-36(9-8-35(19)17-27(34)37)24-7-6-18-12-26(24)39-11-3-10-38-25-5-2-4-21(30)28(25)22-13-20-23(14-31-22)32-33-29(18)20/h2,4-7,12-14,19H,3,8-11,15-17H2,1H3,(H,32,33). The summed E-state index contributed by atoms with van der Waals surface area (Å²) in [6, 6.07) is 13.2. The lowest BCUT2D eigenvalue weighted by atomic mass is 10.0. The van der Waals surface area contributed by atoms with Gasteiger partial charge in [0.05, 0.1) is 48.4 Å². The lowest BCUT2D eigenvalue weighted by Gasteiger charge is -2.46. The van der Waals surface area contributed by atoms with Crippen LogP contribution in [0.3, 0.4) is 0 Å². The number of anilines is 1. The zero-order valence-corrected chi connectivity index (χ0v) is 21.7. The number of piperazine rings is 2. The number of rotatable bonds is 1. The molecule has 1 amide bonds. The third-order valence-electron chi connectivity index (χ3n) is 7.91. The first-order valence-corrected chi connectivity index (χ1v) is 13.3. The molecule has 0 radical (unpaired) electrons. The van der Waals surface area contributed by atoms with Crippen LogP contribution < -0.4 is 14.4 Å². The minimum atomic E-state index is -0.381. The number of nitrogens with zero attached hydrogens (tertiary/aromatic N) is 5. The minimum Gasteiger partial charge on any atom is -0.493 e. The topological polar surface area (TPSA) is 86.8 Å². The number of benzene rings is 2. The maximum absolute atomic E-state index is 15.0. The largest absolute Gasteiger partial charge is 0.493 e. The Balaban J connectivity index is 1.28. The number of halogens is 1. The van der Waals surface area contributed by atoms with Crippen molar-refractivity contribution in [3.63, 3.8) is 0 Å². The Bertz CT molecular complexity index is 1570. The van der Waals surface area contributed by atoms with Crippen LogP contribution in [0.1, 0.15) is 6.42 Å². The first-order chi connectivity index (χ1) is 19.0. The van der Waals surface area contributed by atoms with E-state index in [1.165, 1.54) is 6.07 Å². The number of hydrogen-bond donors (Lipinski definition) is 1. The second kappa shape index (κ2) is 9.53. The molecule has 1 unspecified atom stereocenters. The number of likely N-dealkylation sites (N-methyl/N-ethyl adjacent to an activating group) is 1. The molecule has 2 fully saturated rings. The van der Waals surface area contributed by atoms with Crippen molar-refractivity contribution in [1.82, 2.24) is 25.0 Å². The zero-order valence-electron chi connectivity index (χ0n) is 21.7. The maximum atomic E-state index is 15.0. The number of fused-ring (bicyclic) bond motifs is 7. The van der Waals surface area contributed by atoms with E-state index in [1.807, 2.05) is 24.1 Å². The number of hydrogen-bond acceptors (Lipinski definition) is 7. The van der Waals surface area contributed by atoms with Crippen LogP contribution in [0, 0.1) is 5.82 Å². The fourth-order valence-electron chi connectivity index (χ4n) is 5.81. The molecule has 2 saturated heterocycles. The predicted octanol–water partition coefficient (Wildman–Crippen LogP) is 3.55. The SMILES string of the molecule is CN1CC2CN(c3ccc4cc3OCCCOc3cccc(F)c3-c3cc5c-4n[nH]c5cn3)CCN2CC1=O. The van der Waals surface area contributed by atoms with Crippen molar-refractivity contribution in [3.05, 3.63) is 54.5 Å². The highest BCUT2D eigenvalue weighted by atomic mass is 19.1.